The van der Waals surface area contributed by atoms with Crippen molar-refractivity contribution in [2.75, 3.05) is 0 Å². The van der Waals surface area contributed by atoms with E-state index in [0.717, 1.165) is 0 Å². The van der Waals surface area contributed by atoms with Crippen molar-refractivity contribution in [1.82, 2.24) is 4.98 Å². The van der Waals surface area contributed by atoms with E-state index in [4.69, 9.17) is 11.6 Å². The van der Waals surface area contributed by atoms with E-state index < -0.39 is 4.92 Å². The van der Waals surface area contributed by atoms with Crippen LogP contribution in [0.25, 0.3) is 0 Å². The van der Waals surface area contributed by atoms with Crippen LogP contribution in [0.1, 0.15) is 0 Å². The van der Waals surface area contributed by atoms with Crippen molar-refractivity contribution in [3.8, 4) is 0 Å². The van der Waals surface area contributed by atoms with Gasteiger partial charge in [-0.05, 0) is 9.91 Å². The summed E-state index contributed by atoms with van der Waals surface area (Å²) in [7, 11) is 0. The number of hydrogen-bond donors (Lipinski definition) is 0. The monoisotopic (exact) mass is 284 g/mol. The SMILES string of the molecule is O=[N+]([O-])c1cc(Cl)cc(I)n1. The first-order chi connectivity index (χ1) is 5.09. The molecule has 0 saturated heterocycles. The van der Waals surface area contributed by atoms with Crippen molar-refractivity contribution in [2.45, 2.75) is 0 Å². The van der Waals surface area contributed by atoms with Crippen molar-refractivity contribution in [2.24, 2.45) is 0 Å². The van der Waals surface area contributed by atoms with Gasteiger partial charge in [0.2, 0.25) is 3.70 Å². The smallest absolute Gasteiger partial charge is 0.358 e. The van der Waals surface area contributed by atoms with Crippen molar-refractivity contribution in [3.63, 3.8) is 0 Å². The fourth-order valence-electron chi connectivity index (χ4n) is 0.546. The summed E-state index contributed by atoms with van der Waals surface area (Å²) in [6, 6.07) is 2.76. The lowest BCUT2D eigenvalue weighted by Crippen LogP contribution is -1.92. The maximum absolute atomic E-state index is 10.2. The molecule has 0 fully saturated rings. The Morgan fingerprint density at radius 2 is 2.27 bits per heavy atom. The van der Waals surface area contributed by atoms with Gasteiger partial charge >= 0.3 is 5.82 Å². The normalized spacial score (nSPS) is 9.64. The Morgan fingerprint density at radius 1 is 1.64 bits per heavy atom. The predicted molar refractivity (Wildman–Crippen MR) is 48.6 cm³/mol. The van der Waals surface area contributed by atoms with Crippen LogP contribution in [0, 0.1) is 13.8 Å². The fourth-order valence-corrected chi connectivity index (χ4v) is 1.51. The van der Waals surface area contributed by atoms with Crippen LogP contribution in [0.5, 0.6) is 0 Å². The number of nitrogens with zero attached hydrogens (tertiary/aromatic N) is 2. The zero-order chi connectivity index (χ0) is 8.43. The second-order valence-electron chi connectivity index (χ2n) is 1.72. The Bertz CT molecular complexity index is 284. The van der Waals surface area contributed by atoms with E-state index in [1.165, 1.54) is 6.07 Å². The maximum Gasteiger partial charge on any atom is 0.366 e. The fraction of sp³-hybridized carbons (Fsp3) is 0. The molecular formula is C5H2ClIN2O2. The molecule has 1 aromatic heterocycles. The van der Waals surface area contributed by atoms with Gasteiger partial charge in [0.1, 0.15) is 0 Å². The lowest BCUT2D eigenvalue weighted by molar-refractivity contribution is -0.389. The molecule has 0 aromatic carbocycles. The van der Waals surface area contributed by atoms with E-state index in [1.807, 2.05) is 22.6 Å². The number of pyridine rings is 1. The lowest BCUT2D eigenvalue weighted by Gasteiger charge is -1.91. The minimum absolute atomic E-state index is 0.220. The average Bonchev–Trinajstić information content (AvgIpc) is 1.85. The molecule has 0 spiro atoms. The molecule has 1 aromatic rings. The second-order valence-corrected chi connectivity index (χ2v) is 3.27. The molecule has 58 valence electrons. The first-order valence-corrected chi connectivity index (χ1v) is 4.03. The zero-order valence-corrected chi connectivity index (χ0v) is 8.03. The van der Waals surface area contributed by atoms with Gasteiger partial charge in [0.25, 0.3) is 0 Å². The third-order valence-electron chi connectivity index (χ3n) is 0.932. The summed E-state index contributed by atoms with van der Waals surface area (Å²) in [5.74, 6) is -0.220. The number of rotatable bonds is 1. The summed E-state index contributed by atoms with van der Waals surface area (Å²) < 4.78 is 0.516. The Hall–Kier alpha value is -0.430. The van der Waals surface area contributed by atoms with Crippen molar-refractivity contribution >= 4 is 40.0 Å². The third kappa shape index (κ3) is 2.26. The molecule has 0 bridgehead atoms. The summed E-state index contributed by atoms with van der Waals surface area (Å²) in [6.07, 6.45) is 0. The molecule has 0 N–H and O–H groups in total. The van der Waals surface area contributed by atoms with Crippen molar-refractivity contribution < 1.29 is 4.92 Å². The van der Waals surface area contributed by atoms with Gasteiger partial charge in [0.05, 0.1) is 11.1 Å². The second kappa shape index (κ2) is 3.31. The molecule has 11 heavy (non-hydrogen) atoms. The Kier molecular flexibility index (Phi) is 2.61. The van der Waals surface area contributed by atoms with Crippen LogP contribution in [0.2, 0.25) is 5.02 Å². The van der Waals surface area contributed by atoms with Gasteiger partial charge in [0.15, 0.2) is 0 Å². The quantitative estimate of drug-likeness (QED) is 0.344. The van der Waals surface area contributed by atoms with Gasteiger partial charge in [-0.2, -0.15) is 0 Å². The maximum atomic E-state index is 10.2. The molecule has 6 heteroatoms. The van der Waals surface area contributed by atoms with Crippen LogP contribution in [0.4, 0.5) is 5.82 Å². The van der Waals surface area contributed by atoms with Crippen LogP contribution in [0.3, 0.4) is 0 Å². The molecule has 0 aliphatic carbocycles. The van der Waals surface area contributed by atoms with Crippen LogP contribution < -0.4 is 0 Å². The highest BCUT2D eigenvalue weighted by molar-refractivity contribution is 14.1. The molecule has 0 aliphatic heterocycles. The van der Waals surface area contributed by atoms with Gasteiger partial charge in [-0.25, -0.2) is 0 Å². The van der Waals surface area contributed by atoms with Gasteiger partial charge in [-0.15, -0.1) is 0 Å². The van der Waals surface area contributed by atoms with E-state index in [2.05, 4.69) is 4.98 Å². The number of nitro groups is 1. The molecule has 4 nitrogen and oxygen atoms in total. The van der Waals surface area contributed by atoms with Gasteiger partial charge < -0.3 is 10.1 Å². The minimum Gasteiger partial charge on any atom is -0.358 e. The average molecular weight is 284 g/mol. The Balaban J connectivity index is 3.19. The summed E-state index contributed by atoms with van der Waals surface area (Å²) in [5, 5.41) is 10.5. The molecule has 0 amide bonds. The summed E-state index contributed by atoms with van der Waals surface area (Å²) >= 11 is 7.41. The van der Waals surface area contributed by atoms with E-state index in [1.54, 1.807) is 6.07 Å². The van der Waals surface area contributed by atoms with E-state index in [0.29, 0.717) is 8.72 Å². The zero-order valence-electron chi connectivity index (χ0n) is 5.12. The Labute approximate surface area is 80.9 Å². The number of halogens is 2. The number of hydrogen-bond acceptors (Lipinski definition) is 3. The molecule has 1 rings (SSSR count). The van der Waals surface area contributed by atoms with Gasteiger partial charge in [-0.1, -0.05) is 11.6 Å². The summed E-state index contributed by atoms with van der Waals surface area (Å²) in [6.45, 7) is 0. The van der Waals surface area contributed by atoms with Crippen LogP contribution in [0.15, 0.2) is 12.1 Å². The minimum atomic E-state index is -0.575. The predicted octanol–water partition coefficient (Wildman–Crippen LogP) is 2.25. The highest BCUT2D eigenvalue weighted by Gasteiger charge is 2.09. The molecule has 0 saturated carbocycles. The third-order valence-corrected chi connectivity index (χ3v) is 1.70. The summed E-state index contributed by atoms with van der Waals surface area (Å²) in [4.78, 5) is 13.2. The largest absolute Gasteiger partial charge is 0.366 e. The van der Waals surface area contributed by atoms with Crippen LogP contribution in [-0.4, -0.2) is 9.91 Å². The summed E-state index contributed by atoms with van der Waals surface area (Å²) in [5.41, 5.74) is 0. The topological polar surface area (TPSA) is 56.0 Å². The van der Waals surface area contributed by atoms with Gasteiger partial charge in [-0.3, -0.25) is 0 Å². The first kappa shape index (κ1) is 8.66. The standard InChI is InChI=1S/C5H2ClIN2O2/c6-3-1-4(7)8-5(2-3)9(10)11/h1-2H. The molecule has 0 aliphatic rings. The van der Waals surface area contributed by atoms with E-state index in [9.17, 15) is 10.1 Å². The lowest BCUT2D eigenvalue weighted by atomic mass is 10.5. The number of aromatic nitrogens is 1. The van der Waals surface area contributed by atoms with Crippen molar-refractivity contribution in [1.29, 1.82) is 0 Å². The highest BCUT2D eigenvalue weighted by Crippen LogP contribution is 2.17. The molecule has 0 unspecified atom stereocenters. The first-order valence-electron chi connectivity index (χ1n) is 2.57. The molecule has 0 atom stereocenters. The molecule has 0 radical (unpaired) electrons. The Morgan fingerprint density at radius 3 is 2.73 bits per heavy atom. The van der Waals surface area contributed by atoms with Crippen molar-refractivity contribution in [3.05, 3.63) is 31.0 Å². The van der Waals surface area contributed by atoms with Crippen LogP contribution >= 0.6 is 34.2 Å². The van der Waals surface area contributed by atoms with Gasteiger partial charge in [0, 0.05) is 28.7 Å². The molecule has 1 heterocycles. The van der Waals surface area contributed by atoms with E-state index in [-0.39, 0.29) is 5.82 Å². The highest BCUT2D eigenvalue weighted by atomic mass is 127. The molecular weight excluding hydrogens is 282 g/mol. The van der Waals surface area contributed by atoms with E-state index >= 15 is 0 Å². The van der Waals surface area contributed by atoms with Crippen LogP contribution in [-0.2, 0) is 0 Å².